The molecule has 4 rings (SSSR count). The van der Waals surface area contributed by atoms with E-state index in [-0.39, 0.29) is 19.0 Å². The van der Waals surface area contributed by atoms with Crippen LogP contribution in [0.3, 0.4) is 0 Å². The molecule has 0 spiro atoms. The minimum absolute atomic E-state index is 0.118. The van der Waals surface area contributed by atoms with Gasteiger partial charge in [0.15, 0.2) is 0 Å². The van der Waals surface area contributed by atoms with Gasteiger partial charge in [-0.3, -0.25) is 9.48 Å². The van der Waals surface area contributed by atoms with Crippen molar-refractivity contribution in [2.45, 2.75) is 6.04 Å². The Morgan fingerprint density at radius 3 is 2.58 bits per heavy atom. The van der Waals surface area contributed by atoms with Gasteiger partial charge >= 0.3 is 0 Å². The van der Waals surface area contributed by atoms with E-state index in [4.69, 9.17) is 14.6 Å². The first-order valence-corrected chi connectivity index (χ1v) is 10.4. The summed E-state index contributed by atoms with van der Waals surface area (Å²) in [7, 11) is 3.31. The Labute approximate surface area is 190 Å². The third kappa shape index (κ3) is 4.80. The van der Waals surface area contributed by atoms with Crippen molar-refractivity contribution in [3.05, 3.63) is 83.8 Å². The summed E-state index contributed by atoms with van der Waals surface area (Å²) in [6, 6.07) is 17.5. The predicted octanol–water partition coefficient (Wildman–Crippen LogP) is 4.13. The van der Waals surface area contributed by atoms with Gasteiger partial charge in [0.05, 0.1) is 19.2 Å². The number of anilines is 1. The maximum absolute atomic E-state index is 13.7. The molecular formula is C25H24FN3O4. The molecule has 1 unspecified atom stereocenters. The van der Waals surface area contributed by atoms with Crippen LogP contribution in [-0.2, 0) is 7.05 Å². The zero-order valence-corrected chi connectivity index (χ0v) is 18.3. The number of methoxy groups -OCH3 is 1. The number of nitrogens with zero attached hydrogens (tertiary/aromatic N) is 2. The molecule has 0 amide bonds. The minimum Gasteiger partial charge on any atom is -0.497 e. The summed E-state index contributed by atoms with van der Waals surface area (Å²) in [6.07, 6.45) is 0. The number of carbonyl (C=O) groups is 1. The van der Waals surface area contributed by atoms with Crippen LogP contribution in [0.5, 0.6) is 11.5 Å². The van der Waals surface area contributed by atoms with Crippen LogP contribution in [0.15, 0.2) is 66.7 Å². The number of benzene rings is 3. The van der Waals surface area contributed by atoms with Gasteiger partial charge in [0.25, 0.3) is 0 Å². The second-order valence-corrected chi connectivity index (χ2v) is 7.45. The Hall–Kier alpha value is -3.91. The fraction of sp³-hybridized carbons (Fsp3) is 0.200. The number of carbonyl (C=O) groups excluding carboxylic acids is 1. The maximum atomic E-state index is 13.7. The molecule has 0 saturated heterocycles. The lowest BCUT2D eigenvalue weighted by atomic mass is 9.98. The average Bonchev–Trinajstić information content (AvgIpc) is 3.18. The van der Waals surface area contributed by atoms with Gasteiger partial charge in [-0.05, 0) is 23.8 Å². The van der Waals surface area contributed by atoms with Gasteiger partial charge in [0.1, 0.15) is 35.7 Å². The first-order chi connectivity index (χ1) is 16.0. The highest BCUT2D eigenvalue weighted by Gasteiger charge is 2.27. The molecule has 1 atom stereocenters. The van der Waals surface area contributed by atoms with Crippen LogP contribution < -0.4 is 14.8 Å². The van der Waals surface area contributed by atoms with Crippen LogP contribution in [0.25, 0.3) is 10.9 Å². The topological polar surface area (TPSA) is 85.6 Å². The number of ether oxygens (including phenoxy) is 2. The van der Waals surface area contributed by atoms with E-state index < -0.39 is 11.9 Å². The zero-order valence-electron chi connectivity index (χ0n) is 18.3. The lowest BCUT2D eigenvalue weighted by Crippen LogP contribution is -2.22. The standard InChI is InChI=1S/C25H24FN3O4/c1-29-22-6-4-3-5-21(22)24(28-29)25(31)23(16-7-9-17(26)10-8-16)27-18-13-19(32-2)15-20(14-18)33-12-11-30/h3-10,13-15,23,27,30H,11-12H2,1-2H3. The third-order valence-electron chi connectivity index (χ3n) is 5.24. The van der Waals surface area contributed by atoms with Crippen molar-refractivity contribution in [1.29, 1.82) is 0 Å². The molecular weight excluding hydrogens is 425 g/mol. The van der Waals surface area contributed by atoms with Crippen molar-refractivity contribution in [2.75, 3.05) is 25.6 Å². The zero-order chi connectivity index (χ0) is 23.4. The summed E-state index contributed by atoms with van der Waals surface area (Å²) in [5.41, 5.74) is 2.29. The summed E-state index contributed by atoms with van der Waals surface area (Å²) < 4.78 is 26.2. The van der Waals surface area contributed by atoms with Crippen molar-refractivity contribution in [1.82, 2.24) is 9.78 Å². The largest absolute Gasteiger partial charge is 0.497 e. The summed E-state index contributed by atoms with van der Waals surface area (Å²) in [5, 5.41) is 17.5. The molecule has 7 nitrogen and oxygen atoms in total. The average molecular weight is 449 g/mol. The number of Topliss-reactive ketones (excluding diaryl/α,β-unsaturated/α-hetero) is 1. The van der Waals surface area contributed by atoms with E-state index in [1.807, 2.05) is 24.3 Å². The first kappa shape index (κ1) is 22.3. The number of hydrogen-bond donors (Lipinski definition) is 2. The maximum Gasteiger partial charge on any atom is 0.210 e. The third-order valence-corrected chi connectivity index (χ3v) is 5.24. The van der Waals surface area contributed by atoms with Gasteiger partial charge in [-0.15, -0.1) is 0 Å². The van der Waals surface area contributed by atoms with Gasteiger partial charge in [0, 0.05) is 36.3 Å². The van der Waals surface area contributed by atoms with Gasteiger partial charge in [-0.2, -0.15) is 5.10 Å². The highest BCUT2D eigenvalue weighted by Crippen LogP contribution is 2.31. The number of aromatic nitrogens is 2. The molecule has 0 fully saturated rings. The van der Waals surface area contributed by atoms with E-state index in [9.17, 15) is 9.18 Å². The molecule has 170 valence electrons. The molecule has 0 radical (unpaired) electrons. The molecule has 1 heterocycles. The summed E-state index contributed by atoms with van der Waals surface area (Å²) in [4.78, 5) is 13.7. The number of nitrogens with one attached hydrogen (secondary N) is 1. The Balaban J connectivity index is 1.76. The first-order valence-electron chi connectivity index (χ1n) is 10.4. The van der Waals surface area contributed by atoms with E-state index in [1.54, 1.807) is 42.1 Å². The fourth-order valence-electron chi connectivity index (χ4n) is 3.67. The van der Waals surface area contributed by atoms with Crippen molar-refractivity contribution < 1.29 is 23.8 Å². The summed E-state index contributed by atoms with van der Waals surface area (Å²) in [6.45, 7) is -0.0176. The van der Waals surface area contributed by atoms with E-state index in [2.05, 4.69) is 10.4 Å². The number of aliphatic hydroxyl groups excluding tert-OH is 1. The Kier molecular flexibility index (Phi) is 6.55. The number of para-hydroxylation sites is 1. The highest BCUT2D eigenvalue weighted by molar-refractivity contribution is 6.09. The second-order valence-electron chi connectivity index (χ2n) is 7.45. The number of ketones is 1. The van der Waals surface area contributed by atoms with Crippen LogP contribution in [0.1, 0.15) is 22.1 Å². The highest BCUT2D eigenvalue weighted by atomic mass is 19.1. The molecule has 2 N–H and O–H groups in total. The fourth-order valence-corrected chi connectivity index (χ4v) is 3.67. The molecule has 0 aliphatic heterocycles. The minimum atomic E-state index is -0.846. The van der Waals surface area contributed by atoms with Crippen molar-refractivity contribution in [3.63, 3.8) is 0 Å². The SMILES string of the molecule is COc1cc(NC(C(=O)c2nn(C)c3ccccc23)c2ccc(F)cc2)cc(OCCO)c1. The van der Waals surface area contributed by atoms with E-state index in [0.29, 0.717) is 28.4 Å². The van der Waals surface area contributed by atoms with E-state index in [1.165, 1.54) is 19.2 Å². The molecule has 8 heteroatoms. The van der Waals surface area contributed by atoms with Crippen LogP contribution in [0, 0.1) is 5.82 Å². The monoisotopic (exact) mass is 449 g/mol. The molecule has 4 aromatic rings. The van der Waals surface area contributed by atoms with Crippen molar-refractivity contribution in [3.8, 4) is 11.5 Å². The van der Waals surface area contributed by atoms with E-state index >= 15 is 0 Å². The number of rotatable bonds is 9. The molecule has 3 aromatic carbocycles. The summed E-state index contributed by atoms with van der Waals surface area (Å²) >= 11 is 0. The molecule has 0 saturated carbocycles. The second kappa shape index (κ2) is 9.70. The van der Waals surface area contributed by atoms with Crippen molar-refractivity contribution >= 4 is 22.4 Å². The molecule has 0 aliphatic rings. The van der Waals surface area contributed by atoms with Crippen molar-refractivity contribution in [2.24, 2.45) is 7.05 Å². The van der Waals surface area contributed by atoms with Gasteiger partial charge in [0.2, 0.25) is 5.78 Å². The number of aliphatic hydroxyl groups is 1. The summed E-state index contributed by atoms with van der Waals surface area (Å²) in [5.74, 6) is 0.328. The van der Waals surface area contributed by atoms with Gasteiger partial charge in [-0.25, -0.2) is 4.39 Å². The number of fused-ring (bicyclic) bond motifs is 1. The molecule has 1 aromatic heterocycles. The van der Waals surface area contributed by atoms with Crippen LogP contribution in [0.4, 0.5) is 10.1 Å². The predicted molar refractivity (Wildman–Crippen MR) is 123 cm³/mol. The Bertz CT molecular complexity index is 1270. The number of hydrogen-bond acceptors (Lipinski definition) is 6. The van der Waals surface area contributed by atoms with Crippen LogP contribution in [0.2, 0.25) is 0 Å². The number of halogens is 1. The molecule has 0 aliphatic carbocycles. The smallest absolute Gasteiger partial charge is 0.210 e. The lowest BCUT2D eigenvalue weighted by molar-refractivity contribution is 0.0965. The quantitative estimate of drug-likeness (QED) is 0.374. The van der Waals surface area contributed by atoms with Gasteiger partial charge < -0.3 is 19.9 Å². The normalized spacial score (nSPS) is 11.9. The number of aryl methyl sites for hydroxylation is 1. The van der Waals surface area contributed by atoms with Gasteiger partial charge in [-0.1, -0.05) is 30.3 Å². The van der Waals surface area contributed by atoms with E-state index in [0.717, 1.165) is 10.9 Å². The molecule has 0 bridgehead atoms. The van der Waals surface area contributed by atoms with Crippen LogP contribution >= 0.6 is 0 Å². The molecule has 33 heavy (non-hydrogen) atoms. The van der Waals surface area contributed by atoms with Crippen LogP contribution in [-0.4, -0.2) is 41.0 Å². The lowest BCUT2D eigenvalue weighted by Gasteiger charge is -2.20. The Morgan fingerprint density at radius 1 is 1.12 bits per heavy atom. The Morgan fingerprint density at radius 2 is 1.85 bits per heavy atom.